The van der Waals surface area contributed by atoms with Crippen LogP contribution in [0.2, 0.25) is 0 Å². The lowest BCUT2D eigenvalue weighted by molar-refractivity contribution is -0.122. The Kier molecular flexibility index (Phi) is 5.58. The first-order chi connectivity index (χ1) is 13.4. The number of nitrogens with zero attached hydrogens (tertiary/aromatic N) is 1. The molecule has 1 aliphatic rings. The molecule has 2 amide bonds. The van der Waals surface area contributed by atoms with Crippen molar-refractivity contribution in [1.82, 2.24) is 0 Å². The highest BCUT2D eigenvalue weighted by atomic mass is 19.1. The first-order valence-electron chi connectivity index (χ1n) is 8.56. The Morgan fingerprint density at radius 2 is 1.96 bits per heavy atom. The maximum absolute atomic E-state index is 13.7. The van der Waals surface area contributed by atoms with E-state index in [1.54, 1.807) is 24.3 Å². The highest BCUT2D eigenvalue weighted by molar-refractivity contribution is 6.04. The van der Waals surface area contributed by atoms with Gasteiger partial charge in [-0.05, 0) is 30.3 Å². The average molecular weight is 386 g/mol. The number of nitrogens with one attached hydrogen (secondary N) is 1. The summed E-state index contributed by atoms with van der Waals surface area (Å²) in [6.45, 7) is 0.211. The van der Waals surface area contributed by atoms with E-state index in [-0.39, 0.29) is 36.0 Å². The number of amides is 2. The van der Waals surface area contributed by atoms with Crippen LogP contribution in [0, 0.1) is 11.7 Å². The minimum atomic E-state index is -0.839. The van der Waals surface area contributed by atoms with Crippen LogP contribution in [-0.2, 0) is 14.3 Å². The number of carbonyl (C=O) groups is 3. The fraction of sp³-hybridized carbons (Fsp3) is 0.250. The van der Waals surface area contributed by atoms with Gasteiger partial charge in [-0.2, -0.15) is 0 Å². The monoisotopic (exact) mass is 386 g/mol. The van der Waals surface area contributed by atoms with Crippen LogP contribution in [-0.4, -0.2) is 38.5 Å². The molecule has 8 heteroatoms. The molecule has 1 aliphatic heterocycles. The number of hydrogen-bond acceptors (Lipinski definition) is 5. The van der Waals surface area contributed by atoms with Crippen molar-refractivity contribution < 1.29 is 28.2 Å². The van der Waals surface area contributed by atoms with Gasteiger partial charge in [0.05, 0.1) is 25.7 Å². The number of halogens is 1. The third-order valence-electron chi connectivity index (χ3n) is 4.50. The molecule has 1 fully saturated rings. The van der Waals surface area contributed by atoms with Gasteiger partial charge in [0.25, 0.3) is 0 Å². The summed E-state index contributed by atoms with van der Waals surface area (Å²) >= 11 is 0. The molecular weight excluding hydrogens is 367 g/mol. The molecule has 0 aliphatic carbocycles. The normalized spacial score (nSPS) is 16.0. The van der Waals surface area contributed by atoms with Gasteiger partial charge in [0.15, 0.2) is 0 Å². The molecule has 146 valence electrons. The molecule has 2 aromatic rings. The van der Waals surface area contributed by atoms with Crippen molar-refractivity contribution in [2.75, 3.05) is 31.0 Å². The Bertz CT molecular complexity index is 931. The third kappa shape index (κ3) is 3.95. The fourth-order valence-corrected chi connectivity index (χ4v) is 3.02. The lowest BCUT2D eigenvalue weighted by Crippen LogP contribution is -2.28. The Morgan fingerprint density at radius 3 is 2.68 bits per heavy atom. The number of rotatable bonds is 5. The number of carbonyl (C=O) groups excluding carboxylic acids is 3. The summed E-state index contributed by atoms with van der Waals surface area (Å²) < 4.78 is 23.4. The van der Waals surface area contributed by atoms with E-state index in [9.17, 15) is 18.8 Å². The van der Waals surface area contributed by atoms with E-state index in [4.69, 9.17) is 4.74 Å². The minimum Gasteiger partial charge on any atom is -0.497 e. The lowest BCUT2D eigenvalue weighted by Gasteiger charge is -2.17. The summed E-state index contributed by atoms with van der Waals surface area (Å²) in [5.41, 5.74) is 0.620. The molecular formula is C20H19FN2O5. The van der Waals surface area contributed by atoms with Crippen LogP contribution in [0.3, 0.4) is 0 Å². The number of esters is 1. The third-order valence-corrected chi connectivity index (χ3v) is 4.50. The SMILES string of the molecule is COC(=O)c1cc(NC(=O)C2CC(=O)N(c3cccc(OC)c3)C2)ccc1F. The highest BCUT2D eigenvalue weighted by Gasteiger charge is 2.35. The zero-order valence-corrected chi connectivity index (χ0v) is 15.4. The van der Waals surface area contributed by atoms with Gasteiger partial charge in [0, 0.05) is 30.4 Å². The number of methoxy groups -OCH3 is 2. The molecule has 0 spiro atoms. The van der Waals surface area contributed by atoms with Crippen LogP contribution >= 0.6 is 0 Å². The summed E-state index contributed by atoms with van der Waals surface area (Å²) in [6, 6.07) is 10.6. The van der Waals surface area contributed by atoms with Gasteiger partial charge < -0.3 is 19.7 Å². The lowest BCUT2D eigenvalue weighted by atomic mass is 10.1. The first kappa shape index (κ1) is 19.3. The zero-order valence-electron chi connectivity index (χ0n) is 15.4. The molecule has 1 heterocycles. The molecule has 2 aromatic carbocycles. The van der Waals surface area contributed by atoms with Crippen molar-refractivity contribution in [3.8, 4) is 5.75 Å². The molecule has 1 unspecified atom stereocenters. The Morgan fingerprint density at radius 1 is 1.18 bits per heavy atom. The van der Waals surface area contributed by atoms with Crippen molar-refractivity contribution in [2.24, 2.45) is 5.92 Å². The Labute approximate surface area is 161 Å². The van der Waals surface area contributed by atoms with Crippen LogP contribution < -0.4 is 15.0 Å². The molecule has 1 N–H and O–H groups in total. The van der Waals surface area contributed by atoms with Crippen LogP contribution in [0.5, 0.6) is 5.75 Å². The minimum absolute atomic E-state index is 0.0497. The summed E-state index contributed by atoms with van der Waals surface area (Å²) in [5, 5.41) is 2.63. The van der Waals surface area contributed by atoms with Crippen molar-refractivity contribution in [3.63, 3.8) is 0 Å². The van der Waals surface area contributed by atoms with Crippen LogP contribution in [0.25, 0.3) is 0 Å². The maximum Gasteiger partial charge on any atom is 0.340 e. The summed E-state index contributed by atoms with van der Waals surface area (Å²) in [7, 11) is 2.68. The largest absolute Gasteiger partial charge is 0.497 e. The summed E-state index contributed by atoms with van der Waals surface area (Å²) in [5.74, 6) is -2.12. The van der Waals surface area contributed by atoms with E-state index in [2.05, 4.69) is 10.1 Å². The van der Waals surface area contributed by atoms with Crippen molar-refractivity contribution in [2.45, 2.75) is 6.42 Å². The van der Waals surface area contributed by atoms with E-state index >= 15 is 0 Å². The van der Waals surface area contributed by atoms with E-state index < -0.39 is 17.7 Å². The van der Waals surface area contributed by atoms with E-state index in [1.807, 2.05) is 0 Å². The smallest absolute Gasteiger partial charge is 0.340 e. The number of anilines is 2. The fourth-order valence-electron chi connectivity index (χ4n) is 3.02. The molecule has 3 rings (SSSR count). The zero-order chi connectivity index (χ0) is 20.3. The van der Waals surface area contributed by atoms with Crippen LogP contribution in [0.1, 0.15) is 16.8 Å². The summed E-state index contributed by atoms with van der Waals surface area (Å²) in [6.07, 6.45) is 0.0497. The van der Waals surface area contributed by atoms with E-state index in [0.29, 0.717) is 11.4 Å². The maximum atomic E-state index is 13.7. The standard InChI is InChI=1S/C20H19FN2O5/c1-27-15-5-3-4-14(10-15)23-11-12(8-18(23)24)19(25)22-13-6-7-17(21)16(9-13)20(26)28-2/h3-7,9-10,12H,8,11H2,1-2H3,(H,22,25). The Hall–Kier alpha value is -3.42. The molecule has 28 heavy (non-hydrogen) atoms. The van der Waals surface area contributed by atoms with Crippen molar-refractivity contribution in [3.05, 3.63) is 53.8 Å². The molecule has 1 atom stereocenters. The number of benzene rings is 2. The first-order valence-corrected chi connectivity index (χ1v) is 8.56. The van der Waals surface area contributed by atoms with Crippen molar-refractivity contribution in [1.29, 1.82) is 0 Å². The highest BCUT2D eigenvalue weighted by Crippen LogP contribution is 2.28. The van der Waals surface area contributed by atoms with E-state index in [0.717, 1.165) is 13.2 Å². The van der Waals surface area contributed by atoms with Gasteiger partial charge in [0.1, 0.15) is 11.6 Å². The molecule has 1 saturated heterocycles. The predicted molar refractivity (Wildman–Crippen MR) is 99.8 cm³/mol. The summed E-state index contributed by atoms with van der Waals surface area (Å²) in [4.78, 5) is 38.0. The molecule has 0 saturated carbocycles. The Balaban J connectivity index is 1.72. The van der Waals surface area contributed by atoms with Gasteiger partial charge in [-0.1, -0.05) is 6.07 Å². The van der Waals surface area contributed by atoms with Gasteiger partial charge in [-0.25, -0.2) is 9.18 Å². The van der Waals surface area contributed by atoms with E-state index in [1.165, 1.54) is 24.1 Å². The second kappa shape index (κ2) is 8.08. The van der Waals surface area contributed by atoms with Crippen molar-refractivity contribution >= 4 is 29.2 Å². The number of hydrogen-bond donors (Lipinski definition) is 1. The predicted octanol–water partition coefficient (Wildman–Crippen LogP) is 2.61. The molecule has 0 radical (unpaired) electrons. The van der Waals surface area contributed by atoms with Gasteiger partial charge in [0.2, 0.25) is 11.8 Å². The topological polar surface area (TPSA) is 84.9 Å². The number of ether oxygens (including phenoxy) is 2. The quantitative estimate of drug-likeness (QED) is 0.799. The molecule has 0 aromatic heterocycles. The average Bonchev–Trinajstić information content (AvgIpc) is 3.10. The second-order valence-corrected chi connectivity index (χ2v) is 6.28. The van der Waals surface area contributed by atoms with Gasteiger partial charge >= 0.3 is 5.97 Å². The second-order valence-electron chi connectivity index (χ2n) is 6.28. The molecule has 0 bridgehead atoms. The van der Waals surface area contributed by atoms with Crippen LogP contribution in [0.4, 0.5) is 15.8 Å². The molecule has 7 nitrogen and oxygen atoms in total. The van der Waals surface area contributed by atoms with Gasteiger partial charge in [-0.15, -0.1) is 0 Å². The van der Waals surface area contributed by atoms with Gasteiger partial charge in [-0.3, -0.25) is 9.59 Å². The van der Waals surface area contributed by atoms with Crippen LogP contribution in [0.15, 0.2) is 42.5 Å².